The molecule has 21 heavy (non-hydrogen) atoms. The Labute approximate surface area is 125 Å². The summed E-state index contributed by atoms with van der Waals surface area (Å²) < 4.78 is 19.2. The summed E-state index contributed by atoms with van der Waals surface area (Å²) in [6.07, 6.45) is -0.435. The lowest BCUT2D eigenvalue weighted by atomic mass is 10.1. The molecule has 0 aliphatic carbocycles. The molecule has 3 aromatic rings. The maximum absolute atomic E-state index is 12.9. The number of thiazole rings is 1. The van der Waals surface area contributed by atoms with Crippen molar-refractivity contribution in [2.24, 2.45) is 0 Å². The van der Waals surface area contributed by atoms with Crippen LogP contribution in [0.3, 0.4) is 0 Å². The number of fused-ring (bicyclic) bond motifs is 1. The zero-order chi connectivity index (χ0) is 14.8. The predicted molar refractivity (Wildman–Crippen MR) is 79.9 cm³/mol. The number of carbonyl (C=O) groups is 1. The maximum atomic E-state index is 12.9. The van der Waals surface area contributed by atoms with Crippen LogP contribution in [0.1, 0.15) is 28.9 Å². The first kappa shape index (κ1) is 13.7. The van der Waals surface area contributed by atoms with Crippen molar-refractivity contribution in [2.45, 2.75) is 13.0 Å². The molecule has 0 fully saturated rings. The molecule has 1 atom stereocenters. The average Bonchev–Trinajstić information content (AvgIpc) is 2.95. The Bertz CT molecular complexity index is 782. The van der Waals surface area contributed by atoms with E-state index < -0.39 is 12.1 Å². The maximum Gasteiger partial charge on any atom is 0.338 e. The summed E-state index contributed by atoms with van der Waals surface area (Å²) in [5, 5.41) is 0. The van der Waals surface area contributed by atoms with Crippen LogP contribution in [-0.2, 0) is 4.74 Å². The largest absolute Gasteiger partial charge is 0.454 e. The van der Waals surface area contributed by atoms with E-state index in [2.05, 4.69) is 4.98 Å². The van der Waals surface area contributed by atoms with Gasteiger partial charge in [0.25, 0.3) is 0 Å². The van der Waals surface area contributed by atoms with E-state index in [0.717, 1.165) is 15.8 Å². The Kier molecular flexibility index (Phi) is 3.66. The highest BCUT2D eigenvalue weighted by Gasteiger charge is 2.14. The molecule has 106 valence electrons. The number of benzene rings is 2. The molecule has 0 spiro atoms. The molecule has 0 saturated carbocycles. The molecule has 2 aromatic carbocycles. The van der Waals surface area contributed by atoms with Crippen LogP contribution in [0.2, 0.25) is 0 Å². The number of hydrogen-bond acceptors (Lipinski definition) is 4. The fraction of sp³-hybridized carbons (Fsp3) is 0.125. The first-order valence-corrected chi connectivity index (χ1v) is 7.31. The van der Waals surface area contributed by atoms with Crippen LogP contribution in [0.15, 0.2) is 48.0 Å². The van der Waals surface area contributed by atoms with Crippen molar-refractivity contribution in [1.82, 2.24) is 4.98 Å². The molecule has 0 N–H and O–H groups in total. The van der Waals surface area contributed by atoms with E-state index in [-0.39, 0.29) is 5.82 Å². The highest BCUT2D eigenvalue weighted by molar-refractivity contribution is 7.16. The number of nitrogens with zero attached hydrogens (tertiary/aromatic N) is 1. The van der Waals surface area contributed by atoms with Crippen LogP contribution >= 0.6 is 11.3 Å². The van der Waals surface area contributed by atoms with Crippen LogP contribution in [0.5, 0.6) is 0 Å². The number of ether oxygens (including phenoxy) is 1. The molecule has 0 amide bonds. The lowest BCUT2D eigenvalue weighted by Gasteiger charge is -2.13. The third-order valence-corrected chi connectivity index (χ3v) is 3.98. The predicted octanol–water partition coefficient (Wildman–Crippen LogP) is 4.35. The first-order chi connectivity index (χ1) is 10.1. The van der Waals surface area contributed by atoms with Crippen molar-refractivity contribution >= 4 is 27.5 Å². The van der Waals surface area contributed by atoms with E-state index in [1.165, 1.54) is 23.5 Å². The van der Waals surface area contributed by atoms with E-state index in [9.17, 15) is 9.18 Å². The van der Waals surface area contributed by atoms with Gasteiger partial charge in [-0.3, -0.25) is 0 Å². The molecule has 0 bridgehead atoms. The number of halogens is 1. The summed E-state index contributed by atoms with van der Waals surface area (Å²) in [7, 11) is 0. The van der Waals surface area contributed by atoms with Crippen LogP contribution in [0.4, 0.5) is 4.39 Å². The van der Waals surface area contributed by atoms with Gasteiger partial charge in [-0.15, -0.1) is 11.3 Å². The van der Waals surface area contributed by atoms with E-state index in [1.54, 1.807) is 42.8 Å². The first-order valence-electron chi connectivity index (χ1n) is 6.43. The average molecular weight is 301 g/mol. The second-order valence-electron chi connectivity index (χ2n) is 4.63. The summed E-state index contributed by atoms with van der Waals surface area (Å²) in [6.45, 7) is 1.76. The number of aromatic nitrogens is 1. The minimum atomic E-state index is -0.435. The Balaban J connectivity index is 1.77. The van der Waals surface area contributed by atoms with Crippen molar-refractivity contribution in [3.63, 3.8) is 0 Å². The SMILES string of the molecule is CC(OC(=O)c1ccc2ncsc2c1)c1ccc(F)cc1. The Morgan fingerprint density at radius 1 is 1.24 bits per heavy atom. The molecule has 0 aliphatic rings. The van der Waals surface area contributed by atoms with Gasteiger partial charge >= 0.3 is 5.97 Å². The molecule has 0 radical (unpaired) electrons. The van der Waals surface area contributed by atoms with Gasteiger partial charge in [0.05, 0.1) is 21.3 Å². The lowest BCUT2D eigenvalue weighted by Crippen LogP contribution is -2.09. The van der Waals surface area contributed by atoms with Gasteiger partial charge in [-0.2, -0.15) is 0 Å². The smallest absolute Gasteiger partial charge is 0.338 e. The van der Waals surface area contributed by atoms with Crippen LogP contribution < -0.4 is 0 Å². The number of carbonyl (C=O) groups excluding carboxylic acids is 1. The molecule has 1 aromatic heterocycles. The number of esters is 1. The van der Waals surface area contributed by atoms with Gasteiger partial charge in [0, 0.05) is 0 Å². The summed E-state index contributed by atoms with van der Waals surface area (Å²) in [5.74, 6) is -0.713. The molecular weight excluding hydrogens is 289 g/mol. The fourth-order valence-electron chi connectivity index (χ4n) is 2.01. The molecule has 1 unspecified atom stereocenters. The van der Waals surface area contributed by atoms with Gasteiger partial charge in [-0.1, -0.05) is 12.1 Å². The standard InChI is InChI=1S/C16H12FNO2S/c1-10(11-2-5-13(17)6-3-11)20-16(19)12-4-7-14-15(8-12)21-9-18-14/h2-10H,1H3. The Morgan fingerprint density at radius 2 is 2.00 bits per heavy atom. The highest BCUT2D eigenvalue weighted by atomic mass is 32.1. The number of rotatable bonds is 3. The number of hydrogen-bond donors (Lipinski definition) is 0. The van der Waals surface area contributed by atoms with Crippen molar-refractivity contribution < 1.29 is 13.9 Å². The molecule has 5 heteroatoms. The van der Waals surface area contributed by atoms with Crippen molar-refractivity contribution in [2.75, 3.05) is 0 Å². The molecule has 1 heterocycles. The minimum absolute atomic E-state index is 0.312. The normalized spacial score (nSPS) is 12.3. The third-order valence-electron chi connectivity index (χ3n) is 3.19. The molecular formula is C16H12FNO2S. The lowest BCUT2D eigenvalue weighted by molar-refractivity contribution is 0.0338. The van der Waals surface area contributed by atoms with Crippen LogP contribution in [-0.4, -0.2) is 11.0 Å². The van der Waals surface area contributed by atoms with Crippen LogP contribution in [0.25, 0.3) is 10.2 Å². The second-order valence-corrected chi connectivity index (χ2v) is 5.52. The fourth-order valence-corrected chi connectivity index (χ4v) is 2.73. The van der Waals surface area contributed by atoms with Gasteiger partial charge in [0.2, 0.25) is 0 Å². The zero-order valence-electron chi connectivity index (χ0n) is 11.2. The van der Waals surface area contributed by atoms with E-state index in [0.29, 0.717) is 5.56 Å². The van der Waals surface area contributed by atoms with E-state index in [4.69, 9.17) is 4.74 Å². The van der Waals surface area contributed by atoms with E-state index >= 15 is 0 Å². The van der Waals surface area contributed by atoms with Gasteiger partial charge < -0.3 is 4.74 Å². The van der Waals surface area contributed by atoms with Crippen molar-refractivity contribution in [3.05, 3.63) is 64.9 Å². The quantitative estimate of drug-likeness (QED) is 0.675. The summed E-state index contributed by atoms with van der Waals surface area (Å²) >= 11 is 1.48. The Hall–Kier alpha value is -2.27. The zero-order valence-corrected chi connectivity index (χ0v) is 12.1. The second kappa shape index (κ2) is 5.61. The topological polar surface area (TPSA) is 39.2 Å². The summed E-state index contributed by atoms with van der Waals surface area (Å²) in [6, 6.07) is 11.2. The van der Waals surface area contributed by atoms with E-state index in [1.807, 2.05) is 0 Å². The monoisotopic (exact) mass is 301 g/mol. The van der Waals surface area contributed by atoms with Gasteiger partial charge in [0.15, 0.2) is 0 Å². The molecule has 0 aliphatic heterocycles. The van der Waals surface area contributed by atoms with Gasteiger partial charge in [0.1, 0.15) is 11.9 Å². The van der Waals surface area contributed by atoms with Gasteiger partial charge in [-0.25, -0.2) is 14.2 Å². The summed E-state index contributed by atoms with van der Waals surface area (Å²) in [4.78, 5) is 16.3. The minimum Gasteiger partial charge on any atom is -0.454 e. The molecule has 3 rings (SSSR count). The van der Waals surface area contributed by atoms with Crippen LogP contribution in [0, 0.1) is 5.82 Å². The van der Waals surface area contributed by atoms with Gasteiger partial charge in [-0.05, 0) is 42.8 Å². The molecule has 0 saturated heterocycles. The third kappa shape index (κ3) is 2.92. The summed E-state index contributed by atoms with van der Waals surface area (Å²) in [5.41, 5.74) is 3.84. The molecule has 3 nitrogen and oxygen atoms in total. The Morgan fingerprint density at radius 3 is 2.76 bits per heavy atom. The van der Waals surface area contributed by atoms with Crippen molar-refractivity contribution in [1.29, 1.82) is 0 Å². The highest BCUT2D eigenvalue weighted by Crippen LogP contribution is 2.22. The van der Waals surface area contributed by atoms with Crippen molar-refractivity contribution in [3.8, 4) is 0 Å².